The van der Waals surface area contributed by atoms with Crippen molar-refractivity contribution in [2.75, 3.05) is 0 Å². The Kier molecular flexibility index (Phi) is 32.3. The van der Waals surface area contributed by atoms with Crippen LogP contribution in [-0.4, -0.2) is 69.6 Å². The Hall–Kier alpha value is -0.911. The van der Waals surface area contributed by atoms with Crippen LogP contribution in [0.1, 0.15) is 116 Å². The molecule has 3 aromatic rings. The zero-order valence-electron chi connectivity index (χ0n) is 30.9. The van der Waals surface area contributed by atoms with Crippen molar-refractivity contribution in [1.29, 1.82) is 0 Å². The Morgan fingerprint density at radius 3 is 1.50 bits per heavy atom. The zero-order valence-corrected chi connectivity index (χ0v) is 36.7. The van der Waals surface area contributed by atoms with E-state index < -0.39 is 41.5 Å². The normalized spacial score (nSPS) is 11.8. The molecule has 0 aromatic carbocycles. The number of rotatable bonds is 15. The number of nitrogens with one attached hydrogen (secondary N) is 3. The van der Waals surface area contributed by atoms with Crippen LogP contribution in [0.25, 0.3) is 11.4 Å². The SMILES string of the molecule is CCCCC(CCC)c1cc(S(=O)(=O)O)c(-c2cc(S(=O)(=O)O)c(C)[nH]2)[nH]1.CCCCCCCC.O=S(=O)(O)c1cc[nH]c1.[B]C.[B]C.[Cl][Fe]([Cl])[Cl]. The van der Waals surface area contributed by atoms with Gasteiger partial charge in [0, 0.05) is 23.8 Å². The Balaban J connectivity index is -0.000000780. The molecule has 4 radical (unpaired) electrons. The molecule has 1 unspecified atom stereocenters. The first-order chi connectivity index (χ1) is 24.2. The third-order valence-corrected chi connectivity index (χ3v) is 9.61. The van der Waals surface area contributed by atoms with E-state index in [-0.39, 0.29) is 37.7 Å². The number of hydrogen-bond donors (Lipinski definition) is 6. The molecule has 301 valence electrons. The summed E-state index contributed by atoms with van der Waals surface area (Å²) >= 11 is -1.33. The van der Waals surface area contributed by atoms with Gasteiger partial charge in [0.2, 0.25) is 0 Å². The number of aryl methyl sites for hydroxylation is 1. The number of unbranched alkanes of at least 4 members (excludes halogenated alkanes) is 6. The van der Waals surface area contributed by atoms with Gasteiger partial charge in [0.25, 0.3) is 30.4 Å². The fourth-order valence-electron chi connectivity index (χ4n) is 4.60. The van der Waals surface area contributed by atoms with Crippen LogP contribution in [0.15, 0.2) is 45.3 Å². The summed E-state index contributed by atoms with van der Waals surface area (Å²) in [5.41, 5.74) is 1.07. The van der Waals surface area contributed by atoms with Crippen molar-refractivity contribution >= 4 is 76.3 Å². The van der Waals surface area contributed by atoms with Gasteiger partial charge in [-0.25, -0.2) is 0 Å². The first kappa shape index (κ1) is 55.4. The Morgan fingerprint density at radius 2 is 1.17 bits per heavy atom. The maximum atomic E-state index is 11.9. The number of H-pyrrole nitrogens is 3. The van der Waals surface area contributed by atoms with E-state index in [9.17, 15) is 34.4 Å². The standard InChI is InChI=1S/C17H26N2O6S2.C8H18.C4H5NO3S.2CH3B.3ClH.Fe/c1-4-6-8-12(7-5-2)13-9-16(27(23,24)25)17(19-13)14-10-15(11(3)18-14)26(20,21)22;1-3-5-7-8-6-4-2;6-9(7,8)4-1-2-5-3-4;2*1-2;;;;/h9-10,12,18-19H,4-8H2,1-3H3,(H,20,21,22)(H,23,24,25);3-8H2,1-2H3;1-3,5H,(H,6,7,8);2*1H3;3*1H;/q;;;;;;;;+3/p-3. The second kappa shape index (κ2) is 30.3. The summed E-state index contributed by atoms with van der Waals surface area (Å²) in [4.78, 5) is 7.53. The monoisotopic (exact) mass is 892 g/mol. The van der Waals surface area contributed by atoms with Crippen LogP contribution in [-0.2, 0) is 41.5 Å². The number of hydrogen-bond acceptors (Lipinski definition) is 6. The molecule has 0 saturated carbocycles. The molecule has 0 bridgehead atoms. The van der Waals surface area contributed by atoms with Gasteiger partial charge in [0.1, 0.15) is 14.7 Å². The minimum absolute atomic E-state index is 0.0723. The van der Waals surface area contributed by atoms with Crippen LogP contribution in [0.5, 0.6) is 0 Å². The molecule has 3 aromatic heterocycles. The maximum absolute atomic E-state index is 11.9. The molecule has 21 heteroatoms. The summed E-state index contributed by atoms with van der Waals surface area (Å²) in [5, 5.41) is 0. The predicted octanol–water partition coefficient (Wildman–Crippen LogP) is 9.99. The van der Waals surface area contributed by atoms with Crippen molar-refractivity contribution < 1.29 is 50.1 Å². The summed E-state index contributed by atoms with van der Waals surface area (Å²) in [6.07, 6.45) is 15.7. The second-order valence-electron chi connectivity index (χ2n) is 10.8. The molecule has 0 aliphatic carbocycles. The molecule has 52 heavy (non-hydrogen) atoms. The van der Waals surface area contributed by atoms with E-state index >= 15 is 0 Å². The number of halogens is 3. The molecular formula is C31H55B2Cl3FeN3O9S3. The molecule has 0 fully saturated rings. The van der Waals surface area contributed by atoms with E-state index in [2.05, 4.69) is 51.4 Å². The molecule has 3 heterocycles. The van der Waals surface area contributed by atoms with Gasteiger partial charge < -0.3 is 15.0 Å². The number of aromatic nitrogens is 3. The van der Waals surface area contributed by atoms with Gasteiger partial charge in [0.05, 0.1) is 27.1 Å². The number of aromatic amines is 3. The molecule has 0 aliphatic rings. The van der Waals surface area contributed by atoms with Crippen LogP contribution in [0.2, 0.25) is 13.6 Å². The molecule has 3 rings (SSSR count). The van der Waals surface area contributed by atoms with Gasteiger partial charge in [0.15, 0.2) is 0 Å². The summed E-state index contributed by atoms with van der Waals surface area (Å²) in [5.74, 6) is 0.0984. The summed E-state index contributed by atoms with van der Waals surface area (Å²) in [7, 11) is 10.7. The topological polar surface area (TPSA) is 210 Å². The van der Waals surface area contributed by atoms with Crippen molar-refractivity contribution in [2.24, 2.45) is 0 Å². The van der Waals surface area contributed by atoms with E-state index in [0.29, 0.717) is 5.69 Å². The summed E-state index contributed by atoms with van der Waals surface area (Å²) < 4.78 is 94.4. The quantitative estimate of drug-likeness (QED) is 0.0486. The van der Waals surface area contributed by atoms with E-state index in [1.807, 2.05) is 6.92 Å². The fraction of sp³-hybridized carbons (Fsp3) is 0.613. The van der Waals surface area contributed by atoms with Gasteiger partial charge in [-0.2, -0.15) is 25.3 Å². The Labute approximate surface area is 332 Å². The van der Waals surface area contributed by atoms with Gasteiger partial charge in [-0.05, 0) is 43.9 Å². The van der Waals surface area contributed by atoms with Crippen molar-refractivity contribution in [3.05, 3.63) is 42.0 Å². The van der Waals surface area contributed by atoms with Crippen molar-refractivity contribution in [3.8, 4) is 11.4 Å². The van der Waals surface area contributed by atoms with Crippen LogP contribution in [0.4, 0.5) is 0 Å². The average Bonchev–Trinajstić information content (AvgIpc) is 3.84. The van der Waals surface area contributed by atoms with Gasteiger partial charge in [-0.15, -0.1) is 0 Å². The van der Waals surface area contributed by atoms with Crippen LogP contribution in [0, 0.1) is 6.92 Å². The molecule has 0 saturated heterocycles. The van der Waals surface area contributed by atoms with E-state index in [1.165, 1.54) is 83.6 Å². The van der Waals surface area contributed by atoms with Crippen LogP contribution < -0.4 is 0 Å². The second-order valence-corrected chi connectivity index (χ2v) is 20.5. The molecule has 0 amide bonds. The van der Waals surface area contributed by atoms with E-state index in [1.54, 1.807) is 0 Å². The van der Waals surface area contributed by atoms with Crippen molar-refractivity contribution in [3.63, 3.8) is 0 Å². The third-order valence-electron chi connectivity index (χ3n) is 6.90. The van der Waals surface area contributed by atoms with Crippen molar-refractivity contribution in [1.82, 2.24) is 15.0 Å². The molecule has 12 nitrogen and oxygen atoms in total. The zero-order chi connectivity index (χ0) is 41.1. The van der Waals surface area contributed by atoms with Gasteiger partial charge in [-0.3, -0.25) is 13.7 Å². The molecule has 1 atom stereocenters. The predicted molar refractivity (Wildman–Crippen MR) is 213 cm³/mol. The van der Waals surface area contributed by atoms with E-state index in [4.69, 9.17) is 34.8 Å². The Bertz CT molecular complexity index is 1650. The van der Waals surface area contributed by atoms with Crippen molar-refractivity contribution in [2.45, 2.75) is 139 Å². The van der Waals surface area contributed by atoms with Gasteiger partial charge in [-0.1, -0.05) is 99.1 Å². The summed E-state index contributed by atoms with van der Waals surface area (Å²) in [6, 6.07) is 3.83. The fourth-order valence-corrected chi connectivity index (χ4v) is 6.45. The Morgan fingerprint density at radius 1 is 0.692 bits per heavy atom. The molecular weight excluding hydrogens is 838 g/mol. The first-order valence-electron chi connectivity index (χ1n) is 16.5. The van der Waals surface area contributed by atoms with Gasteiger partial charge >= 0.3 is 41.5 Å². The van der Waals surface area contributed by atoms with E-state index in [0.717, 1.165) is 38.2 Å². The summed E-state index contributed by atoms with van der Waals surface area (Å²) in [6.45, 7) is 13.1. The first-order valence-corrected chi connectivity index (χ1v) is 25.4. The van der Waals surface area contributed by atoms with Crippen LogP contribution in [0.3, 0.4) is 0 Å². The van der Waals surface area contributed by atoms with Crippen LogP contribution >= 0.6 is 30.3 Å². The molecule has 6 N–H and O–H groups in total. The minimum atomic E-state index is -4.53. The molecule has 0 aliphatic heterocycles. The molecule has 0 spiro atoms. The third kappa shape index (κ3) is 24.5. The average molecular weight is 894 g/mol.